The number of amides is 5. The van der Waals surface area contributed by atoms with Gasteiger partial charge in [0.05, 0.1) is 28.5 Å². The highest BCUT2D eigenvalue weighted by Gasteiger charge is 2.50. The molecule has 5 aliphatic rings. The fraction of sp³-hybridized carbons (Fsp3) is 0.455. The van der Waals surface area contributed by atoms with Crippen molar-refractivity contribution in [3.05, 3.63) is 75.2 Å². The Balaban J connectivity index is 0.797. The lowest BCUT2D eigenvalue weighted by Gasteiger charge is -2.50. The number of fused-ring (bicyclic) bond motifs is 2. The molecule has 5 amide bonds. The Morgan fingerprint density at radius 2 is 1.77 bits per heavy atom. The van der Waals surface area contributed by atoms with Gasteiger partial charge in [-0.2, -0.15) is 4.98 Å². The van der Waals surface area contributed by atoms with Crippen LogP contribution in [0.15, 0.2) is 53.5 Å². The van der Waals surface area contributed by atoms with Crippen molar-refractivity contribution < 1.29 is 28.7 Å². The maximum absolute atomic E-state index is 13.7. The number of rotatable bonds is 11. The molecule has 7 heterocycles. The highest BCUT2D eigenvalue weighted by Crippen LogP contribution is 2.44. The molecule has 5 aliphatic heterocycles. The quantitative estimate of drug-likeness (QED) is 0.185. The lowest BCUT2D eigenvalue weighted by atomic mass is 9.78. The van der Waals surface area contributed by atoms with E-state index in [0.717, 1.165) is 86.6 Å². The zero-order valence-corrected chi connectivity index (χ0v) is 35.7. The predicted octanol–water partition coefficient (Wildman–Crippen LogP) is 3.72. The van der Waals surface area contributed by atoms with Crippen LogP contribution in [0.5, 0.6) is 5.75 Å². The van der Waals surface area contributed by atoms with Gasteiger partial charge in [-0.05, 0) is 81.8 Å². The molecule has 2 aromatic heterocycles. The third-order valence-corrected chi connectivity index (χ3v) is 13.2. The highest BCUT2D eigenvalue weighted by atomic mass is 35.5. The third-order valence-electron chi connectivity index (χ3n) is 12.9. The molecule has 0 saturated carbocycles. The lowest BCUT2D eigenvalue weighted by Crippen LogP contribution is -2.59. The van der Waals surface area contributed by atoms with Crippen LogP contribution < -0.4 is 36.0 Å². The van der Waals surface area contributed by atoms with E-state index < -0.39 is 29.7 Å². The number of likely N-dealkylation sites (tertiary alicyclic amines) is 1. The molecule has 0 radical (unpaired) electrons. The van der Waals surface area contributed by atoms with Gasteiger partial charge in [-0.3, -0.25) is 39.0 Å². The number of aromatic nitrogens is 3. The van der Waals surface area contributed by atoms with E-state index in [1.165, 1.54) is 7.05 Å². The predicted molar refractivity (Wildman–Crippen MR) is 232 cm³/mol. The minimum absolute atomic E-state index is 0.0830. The first-order valence-electron chi connectivity index (χ1n) is 21.2. The Bertz CT molecular complexity index is 2570. The van der Waals surface area contributed by atoms with E-state index in [1.54, 1.807) is 29.0 Å². The minimum Gasteiger partial charge on any atom is -0.478 e. The number of hydrogen-bond acceptors (Lipinski definition) is 13. The van der Waals surface area contributed by atoms with Crippen molar-refractivity contribution in [2.24, 2.45) is 11.3 Å². The van der Waals surface area contributed by atoms with Crippen LogP contribution in [0.2, 0.25) is 5.02 Å². The van der Waals surface area contributed by atoms with Crippen LogP contribution in [0.1, 0.15) is 72.7 Å². The van der Waals surface area contributed by atoms with Crippen LogP contribution >= 0.6 is 11.6 Å². The average molecular weight is 865 g/mol. The van der Waals surface area contributed by atoms with Gasteiger partial charge in [0.2, 0.25) is 17.8 Å². The van der Waals surface area contributed by atoms with Crippen LogP contribution in [0.4, 0.5) is 23.1 Å². The van der Waals surface area contributed by atoms with Crippen LogP contribution in [-0.4, -0.2) is 119 Å². The van der Waals surface area contributed by atoms with Crippen LogP contribution in [0.3, 0.4) is 0 Å². The fourth-order valence-electron chi connectivity index (χ4n) is 9.84. The second-order valence-corrected chi connectivity index (χ2v) is 17.8. The van der Waals surface area contributed by atoms with Gasteiger partial charge in [0, 0.05) is 81.8 Å². The molecule has 0 bridgehead atoms. The molecule has 9 rings (SSSR count). The number of pyridine rings is 1. The van der Waals surface area contributed by atoms with Gasteiger partial charge in [-0.1, -0.05) is 17.7 Å². The Kier molecular flexibility index (Phi) is 10.9. The van der Waals surface area contributed by atoms with Gasteiger partial charge in [0.1, 0.15) is 11.1 Å². The van der Waals surface area contributed by atoms with E-state index in [-0.39, 0.29) is 48.1 Å². The summed E-state index contributed by atoms with van der Waals surface area (Å²) in [6, 6.07) is 11.5. The monoisotopic (exact) mass is 864 g/mol. The van der Waals surface area contributed by atoms with Crippen molar-refractivity contribution in [1.82, 2.24) is 35.0 Å². The first kappa shape index (κ1) is 41.3. The van der Waals surface area contributed by atoms with Crippen LogP contribution in [0.25, 0.3) is 10.9 Å². The summed E-state index contributed by atoms with van der Waals surface area (Å²) in [6.45, 7) is 9.69. The molecule has 1 unspecified atom stereocenters. The topological polar surface area (TPSA) is 191 Å². The summed E-state index contributed by atoms with van der Waals surface area (Å²) in [5.41, 5.74) is 2.63. The maximum atomic E-state index is 13.7. The van der Waals surface area contributed by atoms with Gasteiger partial charge in [-0.15, -0.1) is 0 Å². The highest BCUT2D eigenvalue weighted by molar-refractivity contribution is 6.33. The zero-order chi connectivity index (χ0) is 43.4. The number of carbonyl (C=O) groups excluding carboxylic acids is 5. The van der Waals surface area contributed by atoms with Gasteiger partial charge in [0.15, 0.2) is 18.2 Å². The van der Waals surface area contributed by atoms with Gasteiger partial charge >= 0.3 is 0 Å². The van der Waals surface area contributed by atoms with Crippen LogP contribution in [-0.2, 0) is 14.4 Å². The zero-order valence-electron chi connectivity index (χ0n) is 34.9. The lowest BCUT2D eigenvalue weighted by molar-refractivity contribution is -0.136. The number of carbonyl (C=O) groups is 5. The number of anilines is 4. The Morgan fingerprint density at radius 1 is 0.984 bits per heavy atom. The van der Waals surface area contributed by atoms with E-state index in [2.05, 4.69) is 35.6 Å². The molecule has 4 fully saturated rings. The molecule has 4 aromatic rings. The molecule has 17 nitrogen and oxygen atoms in total. The summed E-state index contributed by atoms with van der Waals surface area (Å²) in [4.78, 5) is 94.0. The minimum atomic E-state index is -0.991. The maximum Gasteiger partial charge on any atom is 0.293 e. The summed E-state index contributed by atoms with van der Waals surface area (Å²) in [6.07, 6.45) is 4.79. The molecule has 18 heteroatoms. The van der Waals surface area contributed by atoms with E-state index >= 15 is 0 Å². The van der Waals surface area contributed by atoms with Gasteiger partial charge < -0.3 is 34.6 Å². The largest absolute Gasteiger partial charge is 0.478 e. The SMILES string of the molecule is CNC(=O)COc1cc2cc(Nc3nc(N4CCC(CN5CC6(CCN(c7cccc8c7C(=O)N(C7CCC(=O)NC7=O)C8=O)C6)C5)CC4)ncc3Cl)ccc2n(C(C)C)c1=O. The number of ether oxygens (including phenoxy) is 1. The van der Waals surface area contributed by atoms with Crippen molar-refractivity contribution in [2.45, 2.75) is 58.0 Å². The molecule has 0 aliphatic carbocycles. The van der Waals surface area contributed by atoms with Gasteiger partial charge in [0.25, 0.3) is 23.3 Å². The fourth-order valence-corrected chi connectivity index (χ4v) is 9.97. The number of halogens is 1. The number of nitrogens with one attached hydrogen (secondary N) is 3. The van der Waals surface area contributed by atoms with Crippen molar-refractivity contribution in [2.75, 3.05) is 74.6 Å². The first-order valence-corrected chi connectivity index (χ1v) is 21.6. The number of hydrogen-bond donors (Lipinski definition) is 3. The molecular formula is C44H49ClN10O7. The molecule has 2 aromatic carbocycles. The molecule has 1 atom stereocenters. The Morgan fingerprint density at radius 3 is 2.52 bits per heavy atom. The van der Waals surface area contributed by atoms with Crippen molar-refractivity contribution >= 4 is 75.2 Å². The Hall–Kier alpha value is -6.07. The van der Waals surface area contributed by atoms with Crippen LogP contribution in [0, 0.1) is 11.3 Å². The van der Waals surface area contributed by atoms with E-state index in [4.69, 9.17) is 21.3 Å². The van der Waals surface area contributed by atoms with Crippen molar-refractivity contribution in [1.29, 1.82) is 0 Å². The van der Waals surface area contributed by atoms with E-state index in [9.17, 15) is 28.8 Å². The van der Waals surface area contributed by atoms with E-state index in [1.807, 2.05) is 38.1 Å². The summed E-state index contributed by atoms with van der Waals surface area (Å²) in [5.74, 6) is -0.631. The normalized spacial score (nSPS) is 20.3. The van der Waals surface area contributed by atoms with Crippen molar-refractivity contribution in [3.8, 4) is 5.75 Å². The average Bonchev–Trinajstić information content (AvgIpc) is 3.80. The standard InChI is InChI=1S/C44H49ClN10O7/c1-25(2)54-31-8-7-28(17-27(31)18-34(41(54)60)62-21-36(57)46-3)48-38-30(45)19-47-43(50-38)52-14-11-26(12-15-52)20-51-22-44(23-51)13-16-53(24-44)32-6-4-5-29-37(32)42(61)55(40(29)59)33-9-10-35(56)49-39(33)58/h4-8,17-19,25-26,33H,9-16,20-24H2,1-3H3,(H,46,57)(H,47,48,50)(H,49,56,58). The summed E-state index contributed by atoms with van der Waals surface area (Å²) < 4.78 is 7.26. The number of likely N-dealkylation sites (N-methyl/N-ethyl adjacent to an activating group) is 1. The summed E-state index contributed by atoms with van der Waals surface area (Å²) in [7, 11) is 1.51. The second-order valence-electron chi connectivity index (χ2n) is 17.4. The number of benzene rings is 2. The molecule has 324 valence electrons. The Labute approximate surface area is 362 Å². The smallest absolute Gasteiger partial charge is 0.293 e. The third kappa shape index (κ3) is 7.61. The number of nitrogens with zero attached hydrogens (tertiary/aromatic N) is 7. The molecule has 3 N–H and O–H groups in total. The summed E-state index contributed by atoms with van der Waals surface area (Å²) >= 11 is 6.61. The van der Waals surface area contributed by atoms with Gasteiger partial charge in [-0.25, -0.2) is 4.98 Å². The summed E-state index contributed by atoms with van der Waals surface area (Å²) in [5, 5.41) is 9.22. The molecule has 1 spiro atoms. The van der Waals surface area contributed by atoms with Crippen molar-refractivity contribution in [3.63, 3.8) is 0 Å². The number of imide groups is 2. The molecular weight excluding hydrogens is 816 g/mol. The number of piperidine rings is 2. The molecule has 62 heavy (non-hydrogen) atoms. The molecule has 4 saturated heterocycles. The second kappa shape index (κ2) is 16.3. The first-order chi connectivity index (χ1) is 29.8. The van der Waals surface area contributed by atoms with E-state index in [0.29, 0.717) is 39.5 Å².